The second kappa shape index (κ2) is 4.63. The Hall–Kier alpha value is -0.740. The molecular weight excluding hydrogens is 247 g/mol. The maximum Gasteiger partial charge on any atom is 0.0935 e. The van der Waals surface area contributed by atoms with Gasteiger partial charge in [0, 0.05) is 29.2 Å². The Morgan fingerprint density at radius 1 is 1.44 bits per heavy atom. The molecular formula is C11H12Cl2N2O. The molecule has 1 atom stereocenters. The number of likely N-dealkylation sites (N-methyl/N-ethyl adjacent to an activating group) is 1. The van der Waals surface area contributed by atoms with E-state index in [0.717, 1.165) is 16.5 Å². The van der Waals surface area contributed by atoms with Gasteiger partial charge in [0.1, 0.15) is 0 Å². The summed E-state index contributed by atoms with van der Waals surface area (Å²) in [6, 6.07) is 3.58. The molecule has 3 N–H and O–H groups in total. The number of hydrogen-bond acceptors (Lipinski definition) is 2. The highest BCUT2D eigenvalue weighted by molar-refractivity contribution is 6.45. The predicted octanol–water partition coefficient (Wildman–Crippen LogP) is 2.73. The van der Waals surface area contributed by atoms with Crippen molar-refractivity contribution >= 4 is 34.1 Å². The molecule has 0 aliphatic heterocycles. The summed E-state index contributed by atoms with van der Waals surface area (Å²) in [5.41, 5.74) is 1.64. The first kappa shape index (κ1) is 11.7. The zero-order valence-electron chi connectivity index (χ0n) is 8.72. The molecule has 1 heterocycles. The molecule has 0 spiro atoms. The van der Waals surface area contributed by atoms with E-state index in [1.807, 2.05) is 6.07 Å². The van der Waals surface area contributed by atoms with Gasteiger partial charge in [0.25, 0.3) is 0 Å². The lowest BCUT2D eigenvalue weighted by molar-refractivity contribution is 0.179. The van der Waals surface area contributed by atoms with Gasteiger partial charge in [-0.15, -0.1) is 0 Å². The molecule has 2 rings (SSSR count). The van der Waals surface area contributed by atoms with Crippen LogP contribution in [0.1, 0.15) is 11.7 Å². The number of aromatic nitrogens is 1. The zero-order valence-corrected chi connectivity index (χ0v) is 10.2. The van der Waals surface area contributed by atoms with Crippen LogP contribution < -0.4 is 5.32 Å². The van der Waals surface area contributed by atoms with Gasteiger partial charge in [-0.3, -0.25) is 0 Å². The van der Waals surface area contributed by atoms with Crippen molar-refractivity contribution in [2.75, 3.05) is 13.6 Å². The Morgan fingerprint density at radius 3 is 2.88 bits per heavy atom. The van der Waals surface area contributed by atoms with Gasteiger partial charge in [-0.05, 0) is 19.2 Å². The number of aliphatic hydroxyl groups is 1. The molecule has 0 saturated heterocycles. The number of fused-ring (bicyclic) bond motifs is 1. The van der Waals surface area contributed by atoms with E-state index in [9.17, 15) is 5.11 Å². The number of aliphatic hydroxyl groups excluding tert-OH is 1. The Labute approximate surface area is 103 Å². The van der Waals surface area contributed by atoms with Gasteiger partial charge in [0.15, 0.2) is 0 Å². The van der Waals surface area contributed by atoms with Gasteiger partial charge in [-0.2, -0.15) is 0 Å². The lowest BCUT2D eigenvalue weighted by atomic mass is 10.1. The Kier molecular flexibility index (Phi) is 3.40. The molecule has 1 unspecified atom stereocenters. The molecule has 86 valence electrons. The third-order valence-corrected chi connectivity index (χ3v) is 3.33. The van der Waals surface area contributed by atoms with Crippen molar-refractivity contribution in [1.82, 2.24) is 10.3 Å². The number of halogens is 2. The highest BCUT2D eigenvalue weighted by Gasteiger charge is 2.16. The molecule has 0 bridgehead atoms. The fourth-order valence-electron chi connectivity index (χ4n) is 1.75. The van der Waals surface area contributed by atoms with Gasteiger partial charge < -0.3 is 15.4 Å². The Bertz CT molecular complexity index is 510. The van der Waals surface area contributed by atoms with Crippen molar-refractivity contribution < 1.29 is 5.11 Å². The minimum atomic E-state index is -0.602. The van der Waals surface area contributed by atoms with Crippen LogP contribution in [-0.4, -0.2) is 23.7 Å². The summed E-state index contributed by atoms with van der Waals surface area (Å²) in [5, 5.41) is 14.6. The lowest BCUT2D eigenvalue weighted by Crippen LogP contribution is -2.16. The van der Waals surface area contributed by atoms with Crippen LogP contribution in [0.4, 0.5) is 0 Å². The van der Waals surface area contributed by atoms with Gasteiger partial charge in [0.05, 0.1) is 16.1 Å². The van der Waals surface area contributed by atoms with Gasteiger partial charge in [0.2, 0.25) is 0 Å². The summed E-state index contributed by atoms with van der Waals surface area (Å²) in [4.78, 5) is 3.06. The first-order valence-corrected chi connectivity index (χ1v) is 5.68. The highest BCUT2D eigenvalue weighted by atomic mass is 35.5. The van der Waals surface area contributed by atoms with Crippen LogP contribution in [0.3, 0.4) is 0 Å². The normalized spacial score (nSPS) is 13.2. The second-order valence-electron chi connectivity index (χ2n) is 3.60. The maximum atomic E-state index is 9.94. The molecule has 0 aliphatic carbocycles. The van der Waals surface area contributed by atoms with E-state index in [4.69, 9.17) is 23.2 Å². The standard InChI is InChI=1S/C11H12Cl2N2O/c1-14-5-9(16)6-4-15-8-3-2-7(12)11(13)10(6)8/h2-4,9,14-16H,5H2,1H3. The first-order chi connectivity index (χ1) is 7.65. The minimum Gasteiger partial charge on any atom is -0.387 e. The zero-order chi connectivity index (χ0) is 11.7. The van der Waals surface area contributed by atoms with E-state index >= 15 is 0 Å². The number of nitrogens with one attached hydrogen (secondary N) is 2. The van der Waals surface area contributed by atoms with Crippen LogP contribution in [-0.2, 0) is 0 Å². The molecule has 3 nitrogen and oxygen atoms in total. The smallest absolute Gasteiger partial charge is 0.0935 e. The van der Waals surface area contributed by atoms with Crippen molar-refractivity contribution in [2.24, 2.45) is 0 Å². The molecule has 0 radical (unpaired) electrons. The maximum absolute atomic E-state index is 9.94. The molecule has 0 aliphatic rings. The van der Waals surface area contributed by atoms with E-state index < -0.39 is 6.10 Å². The van der Waals surface area contributed by atoms with Crippen LogP contribution in [0.5, 0.6) is 0 Å². The average Bonchev–Trinajstić information content (AvgIpc) is 2.68. The minimum absolute atomic E-state index is 0.468. The van der Waals surface area contributed by atoms with E-state index in [1.54, 1.807) is 19.3 Å². The molecule has 0 fully saturated rings. The second-order valence-corrected chi connectivity index (χ2v) is 4.39. The molecule has 1 aromatic heterocycles. The molecule has 16 heavy (non-hydrogen) atoms. The summed E-state index contributed by atoms with van der Waals surface area (Å²) in [7, 11) is 1.78. The topological polar surface area (TPSA) is 48.0 Å². The highest BCUT2D eigenvalue weighted by Crippen LogP contribution is 2.35. The molecule has 0 saturated carbocycles. The first-order valence-electron chi connectivity index (χ1n) is 4.92. The van der Waals surface area contributed by atoms with Crippen molar-refractivity contribution in [2.45, 2.75) is 6.10 Å². The molecule has 0 amide bonds. The Morgan fingerprint density at radius 2 is 2.19 bits per heavy atom. The van der Waals surface area contributed by atoms with Crippen molar-refractivity contribution in [3.05, 3.63) is 33.9 Å². The van der Waals surface area contributed by atoms with Crippen molar-refractivity contribution in [1.29, 1.82) is 0 Å². The van der Waals surface area contributed by atoms with E-state index in [2.05, 4.69) is 10.3 Å². The number of hydrogen-bond donors (Lipinski definition) is 3. The van der Waals surface area contributed by atoms with Crippen LogP contribution >= 0.6 is 23.2 Å². The summed E-state index contributed by atoms with van der Waals surface area (Å²) >= 11 is 12.1. The van der Waals surface area contributed by atoms with Crippen LogP contribution in [0.25, 0.3) is 10.9 Å². The number of rotatable bonds is 3. The van der Waals surface area contributed by atoms with Crippen LogP contribution in [0.15, 0.2) is 18.3 Å². The third-order valence-electron chi connectivity index (χ3n) is 2.52. The number of aromatic amines is 1. The molecule has 2 aromatic rings. The van der Waals surface area contributed by atoms with Gasteiger partial charge >= 0.3 is 0 Å². The van der Waals surface area contributed by atoms with Crippen LogP contribution in [0.2, 0.25) is 10.0 Å². The largest absolute Gasteiger partial charge is 0.387 e. The third kappa shape index (κ3) is 1.92. The fraction of sp³-hybridized carbons (Fsp3) is 0.273. The Balaban J connectivity index is 2.58. The predicted molar refractivity (Wildman–Crippen MR) is 67.2 cm³/mol. The molecule has 5 heteroatoms. The summed E-state index contributed by atoms with van der Waals surface area (Å²) < 4.78 is 0. The average molecular weight is 259 g/mol. The SMILES string of the molecule is CNCC(O)c1c[nH]c2ccc(Cl)c(Cl)c12. The fourth-order valence-corrected chi connectivity index (χ4v) is 2.18. The number of benzene rings is 1. The lowest BCUT2D eigenvalue weighted by Gasteiger charge is -2.09. The monoisotopic (exact) mass is 258 g/mol. The van der Waals surface area contributed by atoms with Gasteiger partial charge in [-0.1, -0.05) is 23.2 Å². The van der Waals surface area contributed by atoms with Crippen molar-refractivity contribution in [3.63, 3.8) is 0 Å². The van der Waals surface area contributed by atoms with E-state index in [-0.39, 0.29) is 0 Å². The summed E-state index contributed by atoms with van der Waals surface area (Å²) in [6.07, 6.45) is 1.16. The van der Waals surface area contributed by atoms with E-state index in [1.165, 1.54) is 0 Å². The van der Waals surface area contributed by atoms with E-state index in [0.29, 0.717) is 16.6 Å². The summed E-state index contributed by atoms with van der Waals surface area (Å²) in [5.74, 6) is 0. The summed E-state index contributed by atoms with van der Waals surface area (Å²) in [6.45, 7) is 0.468. The van der Waals surface area contributed by atoms with Crippen molar-refractivity contribution in [3.8, 4) is 0 Å². The quantitative estimate of drug-likeness (QED) is 0.793. The van der Waals surface area contributed by atoms with Gasteiger partial charge in [-0.25, -0.2) is 0 Å². The molecule has 1 aromatic carbocycles. The van der Waals surface area contributed by atoms with Crippen LogP contribution in [0, 0.1) is 0 Å². The number of H-pyrrole nitrogens is 1.